The average molecular weight is 429 g/mol. The Morgan fingerprint density at radius 3 is 2.22 bits per heavy atom. The fourth-order valence-corrected chi connectivity index (χ4v) is 3.77. The van der Waals surface area contributed by atoms with Crippen molar-refractivity contribution in [2.75, 3.05) is 23.9 Å². The summed E-state index contributed by atoms with van der Waals surface area (Å²) in [4.78, 5) is 44.8. The zero-order valence-electron chi connectivity index (χ0n) is 18.3. The van der Waals surface area contributed by atoms with E-state index in [-0.39, 0.29) is 5.57 Å². The fraction of sp³-hybridized carbons (Fsp3) is 0.167. The lowest BCUT2D eigenvalue weighted by molar-refractivity contribution is -0.122. The van der Waals surface area contributed by atoms with Gasteiger partial charge in [0.2, 0.25) is 0 Å². The molecule has 0 spiro atoms. The molecule has 0 unspecified atom stereocenters. The number of nitrogens with one attached hydrogen (secondary N) is 1. The van der Waals surface area contributed by atoms with Crippen molar-refractivity contribution >= 4 is 35.3 Å². The van der Waals surface area contributed by atoms with Crippen LogP contribution >= 0.6 is 0 Å². The maximum absolute atomic E-state index is 13.1. The normalized spacial score (nSPS) is 15.3. The van der Waals surface area contributed by atoms with E-state index in [1.54, 1.807) is 0 Å². The Hall–Kier alpha value is -4.20. The molecule has 0 bridgehead atoms. The van der Waals surface area contributed by atoms with Crippen LogP contribution in [0.25, 0.3) is 11.8 Å². The highest BCUT2D eigenvalue weighted by molar-refractivity contribution is 6.39. The summed E-state index contributed by atoms with van der Waals surface area (Å²) in [5.74, 6) is -1.39. The number of benzene rings is 1. The molecule has 1 N–H and O–H groups in total. The van der Waals surface area contributed by atoms with Gasteiger partial charge in [0.05, 0.1) is 5.69 Å². The molecule has 1 saturated heterocycles. The van der Waals surface area contributed by atoms with Crippen molar-refractivity contribution in [2.24, 2.45) is 0 Å². The van der Waals surface area contributed by atoms with E-state index < -0.39 is 17.8 Å². The van der Waals surface area contributed by atoms with Gasteiger partial charge in [0, 0.05) is 49.3 Å². The lowest BCUT2D eigenvalue weighted by atomic mass is 10.1. The molecule has 1 aliphatic rings. The average Bonchev–Trinajstić information content (AvgIpc) is 3.04. The molecule has 32 heavy (non-hydrogen) atoms. The Morgan fingerprint density at radius 2 is 1.59 bits per heavy atom. The second-order valence-electron chi connectivity index (χ2n) is 7.74. The van der Waals surface area contributed by atoms with Gasteiger partial charge in [-0.05, 0) is 68.0 Å². The first kappa shape index (κ1) is 21.0. The predicted octanol–water partition coefficient (Wildman–Crippen LogP) is 3.22. The number of carbonyl (C=O) groups is 3. The largest absolute Gasteiger partial charge is 0.378 e. The van der Waals surface area contributed by atoms with E-state index in [0.29, 0.717) is 5.69 Å². The number of imide groups is 2. The van der Waals surface area contributed by atoms with Gasteiger partial charge in [0.1, 0.15) is 5.57 Å². The Balaban J connectivity index is 1.73. The molecule has 0 saturated carbocycles. The molecule has 8 nitrogen and oxygen atoms in total. The Kier molecular flexibility index (Phi) is 5.36. The molecular weight excluding hydrogens is 406 g/mol. The third kappa shape index (κ3) is 3.66. The molecule has 2 aromatic heterocycles. The number of aryl methyl sites for hydroxylation is 1. The van der Waals surface area contributed by atoms with Crippen LogP contribution < -0.4 is 15.1 Å². The van der Waals surface area contributed by atoms with E-state index >= 15 is 0 Å². The van der Waals surface area contributed by atoms with Crippen LogP contribution in [0.3, 0.4) is 0 Å². The van der Waals surface area contributed by atoms with E-state index in [0.717, 1.165) is 33.2 Å². The number of aromatic nitrogens is 2. The summed E-state index contributed by atoms with van der Waals surface area (Å²) in [6.07, 6.45) is 4.49. The molecule has 4 amide bonds. The maximum Gasteiger partial charge on any atom is 0.335 e. The minimum atomic E-state index is -0.783. The second-order valence-corrected chi connectivity index (χ2v) is 7.74. The number of nitrogens with zero attached hydrogens (tertiary/aromatic N) is 4. The van der Waals surface area contributed by atoms with E-state index in [1.165, 1.54) is 30.6 Å². The van der Waals surface area contributed by atoms with Crippen molar-refractivity contribution in [3.05, 3.63) is 77.4 Å². The SMILES string of the molecule is Cc1cc(/C=C2\C(=O)NC(=O)N(c3ccncc3)C2=O)c(C)n1-c1ccc(N(C)C)cc1. The highest BCUT2D eigenvalue weighted by atomic mass is 16.2. The topological polar surface area (TPSA) is 87.5 Å². The van der Waals surface area contributed by atoms with Crippen molar-refractivity contribution < 1.29 is 14.4 Å². The number of hydrogen-bond acceptors (Lipinski definition) is 5. The van der Waals surface area contributed by atoms with Crippen LogP contribution in [0.2, 0.25) is 0 Å². The summed E-state index contributed by atoms with van der Waals surface area (Å²) in [6.45, 7) is 3.89. The van der Waals surface area contributed by atoms with Crippen LogP contribution in [-0.2, 0) is 9.59 Å². The monoisotopic (exact) mass is 429 g/mol. The van der Waals surface area contributed by atoms with E-state index in [1.807, 2.05) is 63.2 Å². The van der Waals surface area contributed by atoms with Gasteiger partial charge >= 0.3 is 6.03 Å². The second kappa shape index (κ2) is 8.14. The van der Waals surface area contributed by atoms with Crippen LogP contribution in [0, 0.1) is 13.8 Å². The lowest BCUT2D eigenvalue weighted by Crippen LogP contribution is -2.54. The van der Waals surface area contributed by atoms with Crippen LogP contribution in [0.1, 0.15) is 17.0 Å². The van der Waals surface area contributed by atoms with Gasteiger partial charge in [0.25, 0.3) is 11.8 Å². The van der Waals surface area contributed by atoms with Gasteiger partial charge in [-0.25, -0.2) is 9.69 Å². The molecule has 0 atom stereocenters. The highest BCUT2D eigenvalue weighted by Gasteiger charge is 2.37. The van der Waals surface area contributed by atoms with E-state index in [9.17, 15) is 14.4 Å². The van der Waals surface area contributed by atoms with Crippen molar-refractivity contribution in [2.45, 2.75) is 13.8 Å². The molecule has 8 heteroatoms. The standard InChI is InChI=1S/C24H23N5O3/c1-15-13-17(16(2)28(15)19-7-5-18(6-8-19)27(3)4)14-21-22(30)26-24(32)29(23(21)31)20-9-11-25-12-10-20/h5-14H,1-4H3,(H,26,30,32)/b21-14+. The summed E-state index contributed by atoms with van der Waals surface area (Å²) in [5.41, 5.74) is 4.85. The van der Waals surface area contributed by atoms with Crippen LogP contribution in [0.5, 0.6) is 0 Å². The van der Waals surface area contributed by atoms with E-state index in [2.05, 4.69) is 14.9 Å². The number of rotatable bonds is 4. The zero-order chi connectivity index (χ0) is 23.0. The lowest BCUT2D eigenvalue weighted by Gasteiger charge is -2.26. The Morgan fingerprint density at radius 1 is 0.938 bits per heavy atom. The number of anilines is 2. The van der Waals surface area contributed by atoms with Crippen molar-refractivity contribution in [1.29, 1.82) is 0 Å². The third-order valence-corrected chi connectivity index (χ3v) is 5.42. The number of pyridine rings is 1. The fourth-order valence-electron chi connectivity index (χ4n) is 3.77. The summed E-state index contributed by atoms with van der Waals surface area (Å²) in [7, 11) is 3.97. The van der Waals surface area contributed by atoms with Crippen LogP contribution in [-0.4, -0.2) is 41.5 Å². The molecule has 3 heterocycles. The number of hydrogen-bond donors (Lipinski definition) is 1. The third-order valence-electron chi connectivity index (χ3n) is 5.42. The Labute approximate surface area is 185 Å². The van der Waals surface area contributed by atoms with Gasteiger partial charge in [-0.3, -0.25) is 19.9 Å². The molecule has 162 valence electrons. The summed E-state index contributed by atoms with van der Waals surface area (Å²) in [5, 5.41) is 2.25. The smallest absolute Gasteiger partial charge is 0.335 e. The summed E-state index contributed by atoms with van der Waals surface area (Å²) in [6, 6.07) is 12.3. The molecule has 0 radical (unpaired) electrons. The number of amides is 4. The summed E-state index contributed by atoms with van der Waals surface area (Å²) >= 11 is 0. The van der Waals surface area contributed by atoms with Crippen molar-refractivity contribution in [1.82, 2.24) is 14.9 Å². The van der Waals surface area contributed by atoms with Crippen molar-refractivity contribution in [3.8, 4) is 5.69 Å². The first-order chi connectivity index (χ1) is 15.3. The molecule has 3 aromatic rings. The quantitative estimate of drug-likeness (QED) is 0.508. The number of carbonyl (C=O) groups excluding carboxylic acids is 3. The minimum absolute atomic E-state index is 0.107. The van der Waals surface area contributed by atoms with Gasteiger partial charge in [-0.15, -0.1) is 0 Å². The Bertz CT molecular complexity index is 1240. The first-order valence-corrected chi connectivity index (χ1v) is 10.1. The first-order valence-electron chi connectivity index (χ1n) is 10.1. The molecule has 0 aliphatic carbocycles. The maximum atomic E-state index is 13.1. The molecule has 1 fully saturated rings. The van der Waals surface area contributed by atoms with Crippen molar-refractivity contribution in [3.63, 3.8) is 0 Å². The molecular formula is C24H23N5O3. The van der Waals surface area contributed by atoms with Gasteiger partial charge in [-0.1, -0.05) is 0 Å². The van der Waals surface area contributed by atoms with Gasteiger partial charge < -0.3 is 9.47 Å². The van der Waals surface area contributed by atoms with Gasteiger partial charge in [0.15, 0.2) is 0 Å². The number of barbiturate groups is 1. The predicted molar refractivity (Wildman–Crippen MR) is 123 cm³/mol. The molecule has 1 aliphatic heterocycles. The van der Waals surface area contributed by atoms with Crippen LogP contribution in [0.15, 0.2) is 60.4 Å². The highest BCUT2D eigenvalue weighted by Crippen LogP contribution is 2.26. The van der Waals surface area contributed by atoms with E-state index in [4.69, 9.17) is 0 Å². The molecule has 4 rings (SSSR count). The molecule has 1 aromatic carbocycles. The zero-order valence-corrected chi connectivity index (χ0v) is 18.3. The number of urea groups is 1. The van der Waals surface area contributed by atoms with Gasteiger partial charge in [-0.2, -0.15) is 0 Å². The summed E-state index contributed by atoms with van der Waals surface area (Å²) < 4.78 is 2.06. The minimum Gasteiger partial charge on any atom is -0.378 e. The van der Waals surface area contributed by atoms with Crippen LogP contribution in [0.4, 0.5) is 16.2 Å².